The van der Waals surface area contributed by atoms with Crippen LogP contribution in [0.1, 0.15) is 11.3 Å². The van der Waals surface area contributed by atoms with Crippen LogP contribution in [0.15, 0.2) is 72.9 Å². The topological polar surface area (TPSA) is 22.1 Å². The first kappa shape index (κ1) is 14.3. The van der Waals surface area contributed by atoms with Crippen molar-refractivity contribution in [3.63, 3.8) is 0 Å². The molecule has 2 heteroatoms. The van der Waals surface area contributed by atoms with Gasteiger partial charge in [-0.2, -0.15) is 0 Å². The van der Waals surface area contributed by atoms with Crippen molar-refractivity contribution >= 4 is 0 Å². The normalized spacial score (nSPS) is 10.4. The molecule has 0 saturated carbocycles. The highest BCUT2D eigenvalue weighted by Gasteiger charge is 2.02. The molecule has 3 aromatic rings. The lowest BCUT2D eigenvalue weighted by Crippen LogP contribution is -1.94. The Balaban J connectivity index is 1.77. The predicted molar refractivity (Wildman–Crippen MR) is 90.1 cm³/mol. The molecule has 2 nitrogen and oxygen atoms in total. The first-order chi connectivity index (χ1) is 10.8. The van der Waals surface area contributed by atoms with Crippen molar-refractivity contribution < 1.29 is 4.74 Å². The Morgan fingerprint density at radius 3 is 2.41 bits per heavy atom. The van der Waals surface area contributed by atoms with Crippen molar-refractivity contribution in [3.05, 3.63) is 84.2 Å². The van der Waals surface area contributed by atoms with Gasteiger partial charge in [0.2, 0.25) is 0 Å². The summed E-state index contributed by atoms with van der Waals surface area (Å²) in [6.07, 6.45) is 3.80. The Bertz CT molecular complexity index is 737. The van der Waals surface area contributed by atoms with Gasteiger partial charge in [0.1, 0.15) is 5.75 Å². The molecule has 22 heavy (non-hydrogen) atoms. The molecular formula is C20H19NO. The third-order valence-electron chi connectivity index (χ3n) is 3.73. The van der Waals surface area contributed by atoms with Gasteiger partial charge in [-0.1, -0.05) is 42.5 Å². The predicted octanol–water partition coefficient (Wildman–Crippen LogP) is 4.54. The number of pyridine rings is 1. The highest BCUT2D eigenvalue weighted by molar-refractivity contribution is 5.65. The summed E-state index contributed by atoms with van der Waals surface area (Å²) in [6, 6.07) is 22.9. The van der Waals surface area contributed by atoms with Gasteiger partial charge in [-0.15, -0.1) is 0 Å². The maximum Gasteiger partial charge on any atom is 0.119 e. The molecule has 0 amide bonds. The SMILES string of the molecule is COc1cccc(-c2cccc(CCc3ccccn3)c2)c1. The van der Waals surface area contributed by atoms with Crippen LogP contribution in [0.2, 0.25) is 0 Å². The third-order valence-corrected chi connectivity index (χ3v) is 3.73. The van der Waals surface area contributed by atoms with E-state index in [2.05, 4.69) is 47.4 Å². The second kappa shape index (κ2) is 6.90. The summed E-state index contributed by atoms with van der Waals surface area (Å²) in [4.78, 5) is 4.38. The number of hydrogen-bond acceptors (Lipinski definition) is 2. The first-order valence-electron chi connectivity index (χ1n) is 7.48. The Hall–Kier alpha value is -2.61. The van der Waals surface area contributed by atoms with E-state index in [9.17, 15) is 0 Å². The van der Waals surface area contributed by atoms with Gasteiger partial charge >= 0.3 is 0 Å². The Labute approximate surface area is 131 Å². The fraction of sp³-hybridized carbons (Fsp3) is 0.150. The lowest BCUT2D eigenvalue weighted by atomic mass is 10.00. The molecule has 0 fully saturated rings. The summed E-state index contributed by atoms with van der Waals surface area (Å²) in [5.41, 5.74) is 4.86. The van der Waals surface area contributed by atoms with Crippen molar-refractivity contribution in [2.75, 3.05) is 7.11 Å². The standard InChI is InChI=1S/C20H19NO/c1-22-20-10-5-8-18(15-20)17-7-4-6-16(14-17)11-12-19-9-2-3-13-21-19/h2-10,13-15H,11-12H2,1H3. The monoisotopic (exact) mass is 289 g/mol. The quantitative estimate of drug-likeness (QED) is 0.688. The molecule has 0 aliphatic rings. The molecule has 0 unspecified atom stereocenters. The average Bonchev–Trinajstić information content (AvgIpc) is 2.61. The Morgan fingerprint density at radius 1 is 0.818 bits per heavy atom. The van der Waals surface area contributed by atoms with E-state index in [0.29, 0.717) is 0 Å². The van der Waals surface area contributed by atoms with Gasteiger partial charge in [-0.25, -0.2) is 0 Å². The molecule has 0 bridgehead atoms. The van der Waals surface area contributed by atoms with Crippen LogP contribution in [-0.4, -0.2) is 12.1 Å². The van der Waals surface area contributed by atoms with E-state index in [1.165, 1.54) is 16.7 Å². The van der Waals surface area contributed by atoms with Gasteiger partial charge in [-0.3, -0.25) is 4.98 Å². The van der Waals surface area contributed by atoms with Crippen LogP contribution >= 0.6 is 0 Å². The van der Waals surface area contributed by atoms with Crippen LogP contribution in [0.3, 0.4) is 0 Å². The summed E-state index contributed by atoms with van der Waals surface area (Å²) >= 11 is 0. The fourth-order valence-electron chi connectivity index (χ4n) is 2.53. The van der Waals surface area contributed by atoms with Gasteiger partial charge in [-0.05, 0) is 53.8 Å². The molecule has 1 aromatic heterocycles. The van der Waals surface area contributed by atoms with Gasteiger partial charge in [0.25, 0.3) is 0 Å². The lowest BCUT2D eigenvalue weighted by molar-refractivity contribution is 0.415. The van der Waals surface area contributed by atoms with Crippen molar-refractivity contribution in [2.45, 2.75) is 12.8 Å². The van der Waals surface area contributed by atoms with E-state index in [1.54, 1.807) is 7.11 Å². The molecule has 1 heterocycles. The molecule has 110 valence electrons. The number of rotatable bonds is 5. The van der Waals surface area contributed by atoms with Crippen LogP contribution in [0.4, 0.5) is 0 Å². The minimum Gasteiger partial charge on any atom is -0.497 e. The third kappa shape index (κ3) is 3.53. The van der Waals surface area contributed by atoms with Crippen LogP contribution in [-0.2, 0) is 12.8 Å². The molecule has 0 saturated heterocycles. The molecule has 0 spiro atoms. The van der Waals surface area contributed by atoms with Gasteiger partial charge in [0.05, 0.1) is 7.11 Å². The molecular weight excluding hydrogens is 270 g/mol. The fourth-order valence-corrected chi connectivity index (χ4v) is 2.53. The highest BCUT2D eigenvalue weighted by atomic mass is 16.5. The largest absolute Gasteiger partial charge is 0.497 e. The maximum absolute atomic E-state index is 5.30. The van der Waals surface area contributed by atoms with E-state index >= 15 is 0 Å². The zero-order valence-electron chi connectivity index (χ0n) is 12.7. The number of methoxy groups -OCH3 is 1. The molecule has 2 aromatic carbocycles. The average molecular weight is 289 g/mol. The summed E-state index contributed by atoms with van der Waals surface area (Å²) in [6.45, 7) is 0. The minimum absolute atomic E-state index is 0.886. The second-order valence-electron chi connectivity index (χ2n) is 5.25. The first-order valence-corrected chi connectivity index (χ1v) is 7.48. The molecule has 0 radical (unpaired) electrons. The van der Waals surface area contributed by atoms with E-state index in [-0.39, 0.29) is 0 Å². The van der Waals surface area contributed by atoms with E-state index in [4.69, 9.17) is 4.74 Å². The molecule has 0 aliphatic heterocycles. The Morgan fingerprint density at radius 2 is 1.64 bits per heavy atom. The van der Waals surface area contributed by atoms with Gasteiger partial charge < -0.3 is 4.74 Å². The number of nitrogens with zero attached hydrogens (tertiary/aromatic N) is 1. The summed E-state index contributed by atoms with van der Waals surface area (Å²) in [7, 11) is 1.70. The van der Waals surface area contributed by atoms with Crippen LogP contribution in [0, 0.1) is 0 Å². The minimum atomic E-state index is 0.886. The van der Waals surface area contributed by atoms with Crippen molar-refractivity contribution in [2.24, 2.45) is 0 Å². The zero-order valence-corrected chi connectivity index (χ0v) is 12.7. The van der Waals surface area contributed by atoms with E-state index < -0.39 is 0 Å². The molecule has 0 N–H and O–H groups in total. The molecule has 3 rings (SSSR count). The maximum atomic E-state index is 5.30. The highest BCUT2D eigenvalue weighted by Crippen LogP contribution is 2.24. The van der Waals surface area contributed by atoms with Crippen LogP contribution in [0.25, 0.3) is 11.1 Å². The number of benzene rings is 2. The number of aromatic nitrogens is 1. The smallest absolute Gasteiger partial charge is 0.119 e. The van der Waals surface area contributed by atoms with Crippen LogP contribution < -0.4 is 4.74 Å². The van der Waals surface area contributed by atoms with Crippen molar-refractivity contribution in [3.8, 4) is 16.9 Å². The lowest BCUT2D eigenvalue weighted by Gasteiger charge is -2.07. The number of ether oxygens (including phenoxy) is 1. The number of hydrogen-bond donors (Lipinski definition) is 0. The number of aryl methyl sites for hydroxylation is 2. The van der Waals surface area contributed by atoms with Gasteiger partial charge in [0, 0.05) is 11.9 Å². The van der Waals surface area contributed by atoms with E-state index in [0.717, 1.165) is 24.3 Å². The van der Waals surface area contributed by atoms with E-state index in [1.807, 2.05) is 30.5 Å². The van der Waals surface area contributed by atoms with Crippen LogP contribution in [0.5, 0.6) is 5.75 Å². The van der Waals surface area contributed by atoms with Crippen molar-refractivity contribution in [1.82, 2.24) is 4.98 Å². The summed E-state index contributed by atoms with van der Waals surface area (Å²) < 4.78 is 5.30. The molecule has 0 atom stereocenters. The van der Waals surface area contributed by atoms with Crippen molar-refractivity contribution in [1.29, 1.82) is 0 Å². The van der Waals surface area contributed by atoms with Gasteiger partial charge in [0.15, 0.2) is 0 Å². The summed E-state index contributed by atoms with van der Waals surface area (Å²) in [5.74, 6) is 0.886. The second-order valence-corrected chi connectivity index (χ2v) is 5.25. The molecule has 0 aliphatic carbocycles. The summed E-state index contributed by atoms with van der Waals surface area (Å²) in [5, 5.41) is 0. The Kier molecular flexibility index (Phi) is 4.50. The zero-order chi connectivity index (χ0) is 15.2.